The average molecular weight is 149 g/mol. The predicted molar refractivity (Wildman–Crippen MR) is 39.6 cm³/mol. The van der Waals surface area contributed by atoms with Crippen LogP contribution in [0.5, 0.6) is 0 Å². The highest BCUT2D eigenvalue weighted by atomic mass is 35.5. The standard InChI is InChI=1S/C5H7BCl2/c1-4(2)3-5(6,7)8/h3H,1-2H3. The first-order valence-corrected chi connectivity index (χ1v) is 3.00. The predicted octanol–water partition coefficient (Wildman–Crippen LogP) is 2.25. The molecule has 2 radical (unpaired) electrons. The minimum absolute atomic E-state index is 1.01. The molecule has 0 aromatic carbocycles. The van der Waals surface area contributed by atoms with Gasteiger partial charge in [0.15, 0.2) is 0 Å². The van der Waals surface area contributed by atoms with Crippen molar-refractivity contribution >= 4 is 31.0 Å². The molecular weight excluding hydrogens is 142 g/mol. The lowest BCUT2D eigenvalue weighted by Gasteiger charge is -2.06. The van der Waals surface area contributed by atoms with Gasteiger partial charge in [-0.2, -0.15) is 0 Å². The van der Waals surface area contributed by atoms with Crippen LogP contribution in [0.25, 0.3) is 0 Å². The Morgan fingerprint density at radius 2 is 1.88 bits per heavy atom. The fourth-order valence-corrected chi connectivity index (χ4v) is 0.821. The molecule has 0 aromatic heterocycles. The van der Waals surface area contributed by atoms with Gasteiger partial charge >= 0.3 is 0 Å². The molecule has 0 atom stereocenters. The summed E-state index contributed by atoms with van der Waals surface area (Å²) in [5.74, 6) is 0. The fourth-order valence-electron chi connectivity index (χ4n) is 0.385. The van der Waals surface area contributed by atoms with Crippen molar-refractivity contribution < 1.29 is 0 Å². The number of alkyl halides is 2. The van der Waals surface area contributed by atoms with Gasteiger partial charge in [0, 0.05) is 0 Å². The van der Waals surface area contributed by atoms with E-state index in [0.717, 1.165) is 5.57 Å². The zero-order valence-electron chi connectivity index (χ0n) is 4.91. The van der Waals surface area contributed by atoms with Crippen molar-refractivity contribution in [3.8, 4) is 0 Å². The lowest BCUT2D eigenvalue weighted by Crippen LogP contribution is -2.07. The quantitative estimate of drug-likeness (QED) is 0.304. The van der Waals surface area contributed by atoms with Crippen LogP contribution in [0.15, 0.2) is 11.6 Å². The van der Waals surface area contributed by atoms with Crippen LogP contribution in [0.4, 0.5) is 0 Å². The van der Waals surface area contributed by atoms with Gasteiger partial charge in [0.05, 0.1) is 4.23 Å². The highest BCUT2D eigenvalue weighted by Crippen LogP contribution is 2.18. The van der Waals surface area contributed by atoms with Crippen molar-refractivity contribution in [1.82, 2.24) is 0 Å². The number of hydrogen-bond acceptors (Lipinski definition) is 0. The van der Waals surface area contributed by atoms with Crippen molar-refractivity contribution in [2.24, 2.45) is 0 Å². The summed E-state index contributed by atoms with van der Waals surface area (Å²) >= 11 is 10.8. The molecule has 0 aliphatic rings. The summed E-state index contributed by atoms with van der Waals surface area (Å²) in [5.41, 5.74) is 1.01. The molecule has 44 valence electrons. The van der Waals surface area contributed by atoms with Crippen LogP contribution < -0.4 is 0 Å². The van der Waals surface area contributed by atoms with Crippen LogP contribution >= 0.6 is 23.2 Å². The molecule has 0 aromatic rings. The van der Waals surface area contributed by atoms with E-state index >= 15 is 0 Å². The van der Waals surface area contributed by atoms with Crippen molar-refractivity contribution in [3.63, 3.8) is 0 Å². The molecule has 0 saturated carbocycles. The molecule has 0 saturated heterocycles. The number of allylic oxidation sites excluding steroid dienone is 2. The Morgan fingerprint density at radius 3 is 1.88 bits per heavy atom. The maximum absolute atomic E-state index is 5.39. The number of halogens is 2. The minimum Gasteiger partial charge on any atom is -0.109 e. The van der Waals surface area contributed by atoms with Crippen LogP contribution in [-0.2, 0) is 0 Å². The topological polar surface area (TPSA) is 0 Å². The van der Waals surface area contributed by atoms with Gasteiger partial charge in [-0.1, -0.05) is 11.6 Å². The summed E-state index contributed by atoms with van der Waals surface area (Å²) in [6.45, 7) is 3.76. The molecule has 0 unspecified atom stereocenters. The maximum atomic E-state index is 5.39. The molecule has 0 spiro atoms. The van der Waals surface area contributed by atoms with Crippen molar-refractivity contribution in [1.29, 1.82) is 0 Å². The van der Waals surface area contributed by atoms with Crippen LogP contribution in [0.3, 0.4) is 0 Å². The minimum atomic E-state index is -1.20. The van der Waals surface area contributed by atoms with Gasteiger partial charge in [0.2, 0.25) is 0 Å². The first kappa shape index (κ1) is 8.38. The molecular formula is C5H7BCl2. The van der Waals surface area contributed by atoms with Gasteiger partial charge in [-0.25, -0.2) is 0 Å². The molecule has 0 bridgehead atoms. The van der Waals surface area contributed by atoms with Gasteiger partial charge in [-0.05, 0) is 13.8 Å². The normalized spacial score (nSPS) is 11.0. The van der Waals surface area contributed by atoms with Gasteiger partial charge in [-0.15, -0.1) is 23.2 Å². The first-order chi connectivity index (χ1) is 3.42. The summed E-state index contributed by atoms with van der Waals surface area (Å²) < 4.78 is -1.20. The molecule has 0 amide bonds. The summed E-state index contributed by atoms with van der Waals surface area (Å²) in [4.78, 5) is 0. The lowest BCUT2D eigenvalue weighted by molar-refractivity contribution is 1.30. The average Bonchev–Trinajstić information content (AvgIpc) is 1.21. The third-order valence-electron chi connectivity index (χ3n) is 0.481. The van der Waals surface area contributed by atoms with Gasteiger partial charge in [0.25, 0.3) is 0 Å². The van der Waals surface area contributed by atoms with E-state index in [1.54, 1.807) is 6.08 Å². The maximum Gasteiger partial charge on any atom is 0.125 e. The summed E-state index contributed by atoms with van der Waals surface area (Å²) in [7, 11) is 5.19. The van der Waals surface area contributed by atoms with Crippen molar-refractivity contribution in [3.05, 3.63) is 11.6 Å². The largest absolute Gasteiger partial charge is 0.125 e. The van der Waals surface area contributed by atoms with Gasteiger partial charge in [0.1, 0.15) is 7.85 Å². The molecule has 0 fully saturated rings. The zero-order valence-corrected chi connectivity index (χ0v) is 6.42. The van der Waals surface area contributed by atoms with E-state index in [9.17, 15) is 0 Å². The smallest absolute Gasteiger partial charge is 0.109 e. The number of rotatable bonds is 1. The Labute approximate surface area is 61.3 Å². The summed E-state index contributed by atoms with van der Waals surface area (Å²) in [5, 5.41) is 0. The number of hydrogen-bond donors (Lipinski definition) is 0. The van der Waals surface area contributed by atoms with Crippen LogP contribution in [0.1, 0.15) is 13.8 Å². The molecule has 0 aliphatic carbocycles. The second-order valence-corrected chi connectivity index (χ2v) is 3.34. The third-order valence-corrected chi connectivity index (χ3v) is 0.699. The Bertz CT molecular complexity index is 97.5. The second kappa shape index (κ2) is 2.79. The van der Waals surface area contributed by atoms with Crippen LogP contribution in [-0.4, -0.2) is 12.1 Å². The SMILES string of the molecule is [B]C(Cl)(Cl)C=C(C)C. The Kier molecular flexibility index (Phi) is 2.93. The van der Waals surface area contributed by atoms with Gasteiger partial charge < -0.3 is 0 Å². The summed E-state index contributed by atoms with van der Waals surface area (Å²) in [6, 6.07) is 0. The molecule has 0 aliphatic heterocycles. The Hall–Kier alpha value is 0.385. The molecule has 0 nitrogen and oxygen atoms in total. The summed E-state index contributed by atoms with van der Waals surface area (Å²) in [6.07, 6.45) is 1.58. The van der Waals surface area contributed by atoms with E-state index in [1.165, 1.54) is 0 Å². The van der Waals surface area contributed by atoms with E-state index in [0.29, 0.717) is 0 Å². The monoisotopic (exact) mass is 148 g/mol. The highest BCUT2D eigenvalue weighted by molar-refractivity contribution is 6.66. The van der Waals surface area contributed by atoms with Crippen molar-refractivity contribution in [2.75, 3.05) is 0 Å². The van der Waals surface area contributed by atoms with E-state index in [-0.39, 0.29) is 0 Å². The lowest BCUT2D eigenvalue weighted by atomic mass is 10.0. The van der Waals surface area contributed by atoms with Crippen LogP contribution in [0, 0.1) is 0 Å². The molecule has 3 heteroatoms. The Morgan fingerprint density at radius 1 is 1.50 bits per heavy atom. The van der Waals surface area contributed by atoms with Crippen LogP contribution in [0.2, 0.25) is 0 Å². The second-order valence-electron chi connectivity index (χ2n) is 1.90. The zero-order chi connectivity index (χ0) is 6.78. The van der Waals surface area contributed by atoms with Gasteiger partial charge in [-0.3, -0.25) is 0 Å². The molecule has 0 heterocycles. The van der Waals surface area contributed by atoms with E-state index < -0.39 is 4.23 Å². The highest BCUT2D eigenvalue weighted by Gasteiger charge is 2.09. The van der Waals surface area contributed by atoms with Crippen molar-refractivity contribution in [2.45, 2.75) is 18.1 Å². The Balaban J connectivity index is 3.89. The van der Waals surface area contributed by atoms with E-state index in [2.05, 4.69) is 0 Å². The first-order valence-electron chi connectivity index (χ1n) is 2.24. The molecule has 8 heavy (non-hydrogen) atoms. The fraction of sp³-hybridized carbons (Fsp3) is 0.600. The third kappa shape index (κ3) is 6.38. The molecule has 0 N–H and O–H groups in total. The van der Waals surface area contributed by atoms with E-state index in [4.69, 9.17) is 31.0 Å². The van der Waals surface area contributed by atoms with E-state index in [1.807, 2.05) is 13.8 Å². The molecule has 0 rings (SSSR count).